The van der Waals surface area contributed by atoms with Gasteiger partial charge < -0.3 is 10.6 Å². The zero-order chi connectivity index (χ0) is 16.7. The summed E-state index contributed by atoms with van der Waals surface area (Å²) in [5.41, 5.74) is 6.94. The lowest BCUT2D eigenvalue weighted by Crippen LogP contribution is -2.53. The van der Waals surface area contributed by atoms with E-state index >= 15 is 0 Å². The first-order valence-electron chi connectivity index (χ1n) is 9.06. The summed E-state index contributed by atoms with van der Waals surface area (Å²) in [6.45, 7) is 3.76. The molecule has 1 aliphatic heterocycles. The van der Waals surface area contributed by atoms with E-state index in [2.05, 4.69) is 4.90 Å². The molecule has 2 atom stereocenters. The number of nitrogens with two attached hydrogens (primary N) is 1. The Labute approximate surface area is 150 Å². The molecule has 0 aromatic heterocycles. The van der Waals surface area contributed by atoms with Crippen LogP contribution in [0.15, 0.2) is 24.3 Å². The van der Waals surface area contributed by atoms with Crippen LogP contribution >= 0.6 is 0 Å². The van der Waals surface area contributed by atoms with Gasteiger partial charge in [0.05, 0.1) is 0 Å². The molecule has 3 fully saturated rings. The van der Waals surface area contributed by atoms with E-state index in [-0.39, 0.29) is 25.2 Å². The third-order valence-electron chi connectivity index (χ3n) is 5.92. The molecule has 2 aliphatic carbocycles. The molecule has 2 amide bonds. The van der Waals surface area contributed by atoms with Gasteiger partial charge in [-0.3, -0.25) is 14.5 Å². The van der Waals surface area contributed by atoms with Crippen molar-refractivity contribution in [1.29, 1.82) is 0 Å². The summed E-state index contributed by atoms with van der Waals surface area (Å²) in [6.07, 6.45) is 4.91. The van der Waals surface area contributed by atoms with Gasteiger partial charge in [-0.05, 0) is 42.9 Å². The fourth-order valence-electron chi connectivity index (χ4n) is 4.05. The highest BCUT2D eigenvalue weighted by atomic mass is 16.2. The highest BCUT2D eigenvalue weighted by molar-refractivity contribution is 5.93. The monoisotopic (exact) mass is 343 g/mol. The fraction of sp³-hybridized carbons (Fsp3) is 0.600. The average molecular weight is 343 g/mol. The lowest BCUT2D eigenvalue weighted by Gasteiger charge is -2.43. The fourth-order valence-corrected chi connectivity index (χ4v) is 4.05. The lowest BCUT2D eigenvalue weighted by molar-refractivity contribution is -0.135. The van der Waals surface area contributed by atoms with Crippen molar-refractivity contribution < 1.29 is 9.59 Å². The van der Waals surface area contributed by atoms with Crippen molar-refractivity contribution in [2.24, 2.45) is 11.7 Å². The summed E-state index contributed by atoms with van der Waals surface area (Å²) in [6, 6.07) is 8.19. The predicted molar refractivity (Wildman–Crippen MR) is 98.3 cm³/mol. The maximum atomic E-state index is 12.7. The third kappa shape index (κ3) is 3.56. The van der Waals surface area contributed by atoms with Gasteiger partial charge in [0.1, 0.15) is 0 Å². The van der Waals surface area contributed by atoms with E-state index in [1.54, 1.807) is 6.07 Å². The van der Waals surface area contributed by atoms with Crippen LogP contribution in [0.4, 0.5) is 0 Å². The standard InChI is InChI=1S/C19H25N3O2.CH4/c20-18(23)14-4-1-3-13(11-14)16-12-17(16)19(24)22-9-7-21(8-10-22)15-5-2-6-15;/h1,3-4,11,15-17H,2,5-10,12H2,(H2,20,23);1H4/t16?,17-;/m0./s1. The number of piperazine rings is 1. The molecular formula is C20H29N3O2. The van der Waals surface area contributed by atoms with Crippen molar-refractivity contribution in [3.63, 3.8) is 0 Å². The maximum absolute atomic E-state index is 12.7. The van der Waals surface area contributed by atoms with Gasteiger partial charge in [-0.2, -0.15) is 0 Å². The normalized spacial score (nSPS) is 26.5. The Morgan fingerprint density at radius 2 is 1.80 bits per heavy atom. The third-order valence-corrected chi connectivity index (χ3v) is 5.92. The number of carbonyl (C=O) groups is 2. The first-order valence-corrected chi connectivity index (χ1v) is 9.06. The van der Waals surface area contributed by atoms with Crippen molar-refractivity contribution in [3.05, 3.63) is 35.4 Å². The van der Waals surface area contributed by atoms with Gasteiger partial charge in [0.15, 0.2) is 0 Å². The van der Waals surface area contributed by atoms with E-state index in [1.165, 1.54) is 19.3 Å². The minimum Gasteiger partial charge on any atom is -0.366 e. The molecule has 2 N–H and O–H groups in total. The van der Waals surface area contributed by atoms with Crippen LogP contribution in [-0.4, -0.2) is 53.8 Å². The average Bonchev–Trinajstić information content (AvgIpc) is 3.34. The van der Waals surface area contributed by atoms with Crippen LogP contribution in [0.5, 0.6) is 0 Å². The second kappa shape index (κ2) is 7.16. The minimum absolute atomic E-state index is 0. The number of hydrogen-bond donors (Lipinski definition) is 1. The molecule has 0 bridgehead atoms. The lowest BCUT2D eigenvalue weighted by atomic mass is 9.91. The van der Waals surface area contributed by atoms with Crippen LogP contribution in [0.2, 0.25) is 0 Å². The molecule has 1 aromatic carbocycles. The molecule has 5 heteroatoms. The van der Waals surface area contributed by atoms with Gasteiger partial charge in [-0.25, -0.2) is 0 Å². The molecule has 2 saturated carbocycles. The molecule has 4 rings (SSSR count). The molecule has 25 heavy (non-hydrogen) atoms. The zero-order valence-corrected chi connectivity index (χ0v) is 14.0. The minimum atomic E-state index is -0.410. The van der Waals surface area contributed by atoms with Gasteiger partial charge >= 0.3 is 0 Å². The Kier molecular flexibility index (Phi) is 5.13. The summed E-state index contributed by atoms with van der Waals surface area (Å²) < 4.78 is 0. The van der Waals surface area contributed by atoms with Crippen LogP contribution in [-0.2, 0) is 4.79 Å². The number of rotatable bonds is 4. The van der Waals surface area contributed by atoms with E-state index < -0.39 is 5.91 Å². The van der Waals surface area contributed by atoms with E-state index in [1.807, 2.05) is 23.1 Å². The van der Waals surface area contributed by atoms with Crippen LogP contribution in [0.1, 0.15) is 54.9 Å². The molecule has 5 nitrogen and oxygen atoms in total. The van der Waals surface area contributed by atoms with Crippen molar-refractivity contribution in [2.75, 3.05) is 26.2 Å². The Hall–Kier alpha value is -1.88. The number of amides is 2. The van der Waals surface area contributed by atoms with Crippen LogP contribution in [0.25, 0.3) is 0 Å². The van der Waals surface area contributed by atoms with E-state index in [0.717, 1.165) is 44.2 Å². The number of benzene rings is 1. The largest absolute Gasteiger partial charge is 0.366 e. The van der Waals surface area contributed by atoms with Crippen LogP contribution in [0, 0.1) is 5.92 Å². The Morgan fingerprint density at radius 3 is 2.40 bits per heavy atom. The quantitative estimate of drug-likeness (QED) is 0.911. The molecule has 1 aromatic rings. The highest BCUT2D eigenvalue weighted by Gasteiger charge is 2.46. The molecule has 1 saturated heterocycles. The second-order valence-electron chi connectivity index (χ2n) is 7.38. The smallest absolute Gasteiger partial charge is 0.248 e. The molecule has 0 radical (unpaired) electrons. The molecule has 1 heterocycles. The first kappa shape index (κ1) is 17.9. The summed E-state index contributed by atoms with van der Waals surface area (Å²) in [7, 11) is 0. The highest BCUT2D eigenvalue weighted by Crippen LogP contribution is 2.48. The summed E-state index contributed by atoms with van der Waals surface area (Å²) in [5, 5.41) is 0. The van der Waals surface area contributed by atoms with Gasteiger partial charge in [0.2, 0.25) is 11.8 Å². The molecule has 0 spiro atoms. The topological polar surface area (TPSA) is 66.6 Å². The van der Waals surface area contributed by atoms with Crippen molar-refractivity contribution in [1.82, 2.24) is 9.80 Å². The second-order valence-corrected chi connectivity index (χ2v) is 7.38. The van der Waals surface area contributed by atoms with Crippen molar-refractivity contribution in [2.45, 2.75) is 45.1 Å². The number of primary amides is 1. The Balaban J connectivity index is 0.00000182. The molecule has 1 unspecified atom stereocenters. The number of nitrogens with zero attached hydrogens (tertiary/aromatic N) is 2. The van der Waals surface area contributed by atoms with Crippen molar-refractivity contribution in [3.8, 4) is 0 Å². The van der Waals surface area contributed by atoms with Gasteiger partial charge in [-0.1, -0.05) is 26.0 Å². The van der Waals surface area contributed by atoms with Crippen molar-refractivity contribution >= 4 is 11.8 Å². The van der Waals surface area contributed by atoms with E-state index in [4.69, 9.17) is 5.73 Å². The summed E-state index contributed by atoms with van der Waals surface area (Å²) >= 11 is 0. The van der Waals surface area contributed by atoms with Gasteiger partial charge in [0.25, 0.3) is 0 Å². The Morgan fingerprint density at radius 1 is 1.08 bits per heavy atom. The van der Waals surface area contributed by atoms with Crippen LogP contribution in [0.3, 0.4) is 0 Å². The van der Waals surface area contributed by atoms with E-state index in [9.17, 15) is 9.59 Å². The molecular weight excluding hydrogens is 314 g/mol. The number of hydrogen-bond acceptors (Lipinski definition) is 3. The molecule has 3 aliphatic rings. The first-order chi connectivity index (χ1) is 11.6. The van der Waals surface area contributed by atoms with E-state index in [0.29, 0.717) is 5.56 Å². The zero-order valence-electron chi connectivity index (χ0n) is 14.0. The SMILES string of the molecule is C.NC(=O)c1cccc(C2C[C@@H]2C(=O)N2CCN(C3CCC3)CC2)c1. The summed E-state index contributed by atoms with van der Waals surface area (Å²) in [4.78, 5) is 28.6. The predicted octanol–water partition coefficient (Wildman–Crippen LogP) is 2.22. The maximum Gasteiger partial charge on any atom is 0.248 e. The van der Waals surface area contributed by atoms with Gasteiger partial charge in [-0.15, -0.1) is 0 Å². The molecule has 136 valence electrons. The van der Waals surface area contributed by atoms with Gasteiger partial charge in [0, 0.05) is 43.7 Å². The van der Waals surface area contributed by atoms with Crippen LogP contribution < -0.4 is 5.73 Å². The number of carbonyl (C=O) groups excluding carboxylic acids is 2. The summed E-state index contributed by atoms with van der Waals surface area (Å²) in [5.74, 6) is 0.218. The Bertz CT molecular complexity index is 648.